The third-order valence-electron chi connectivity index (χ3n) is 7.54. The van der Waals surface area contributed by atoms with Crippen LogP contribution in [0.5, 0.6) is 0 Å². The number of aryl methyl sites for hydroxylation is 1. The number of pyridine rings is 2. The largest absolute Gasteiger partial charge is 0.452 e. The second-order valence-electron chi connectivity index (χ2n) is 11.9. The Morgan fingerprint density at radius 2 is 2.02 bits per heavy atom. The molecule has 3 aromatic heterocycles. The number of carbonyl (C=O) groups is 1. The number of amides is 1. The highest BCUT2D eigenvalue weighted by molar-refractivity contribution is 6.36. The quantitative estimate of drug-likeness (QED) is 0.213. The van der Waals surface area contributed by atoms with Gasteiger partial charge in [-0.2, -0.15) is 9.65 Å². The lowest BCUT2D eigenvalue weighted by Crippen LogP contribution is -2.36. The number of anilines is 2. The van der Waals surface area contributed by atoms with Crippen LogP contribution in [-0.2, 0) is 10.3 Å². The van der Waals surface area contributed by atoms with Crippen LogP contribution in [0, 0.1) is 29.6 Å². The lowest BCUT2D eigenvalue weighted by molar-refractivity contribution is 0.0593. The molecular formula is C30H30ClF3N8O2. The first-order valence-electron chi connectivity index (χ1n) is 13.8. The van der Waals surface area contributed by atoms with Gasteiger partial charge in [-0.1, -0.05) is 43.7 Å². The highest BCUT2D eigenvalue weighted by Crippen LogP contribution is 2.48. The average molecular weight is 627 g/mol. The van der Waals surface area contributed by atoms with Crippen LogP contribution in [0.25, 0.3) is 10.9 Å². The van der Waals surface area contributed by atoms with E-state index in [2.05, 4.69) is 31.7 Å². The number of nitriles is 1. The van der Waals surface area contributed by atoms with Crippen LogP contribution in [0.3, 0.4) is 0 Å². The predicted molar refractivity (Wildman–Crippen MR) is 158 cm³/mol. The minimum absolute atomic E-state index is 0.116. The molecule has 1 N–H and O–H groups in total. The first kappa shape index (κ1) is 31.0. The van der Waals surface area contributed by atoms with E-state index in [1.165, 1.54) is 36.5 Å². The van der Waals surface area contributed by atoms with Crippen molar-refractivity contribution in [1.82, 2.24) is 25.0 Å². The van der Waals surface area contributed by atoms with E-state index >= 15 is 0 Å². The molecule has 5 rings (SSSR count). The number of nitrogens with one attached hydrogen (secondary N) is 1. The minimum Gasteiger partial charge on any atom is -0.452 e. The second-order valence-corrected chi connectivity index (χ2v) is 12.3. The van der Waals surface area contributed by atoms with Gasteiger partial charge in [-0.3, -0.25) is 9.88 Å². The molecule has 1 atom stereocenters. The zero-order valence-corrected chi connectivity index (χ0v) is 25.5. The summed E-state index contributed by atoms with van der Waals surface area (Å²) >= 11 is 6.74. The molecule has 1 saturated carbocycles. The van der Waals surface area contributed by atoms with Gasteiger partial charge >= 0.3 is 6.09 Å². The first-order valence-corrected chi connectivity index (χ1v) is 14.1. The molecule has 3 heterocycles. The van der Waals surface area contributed by atoms with E-state index in [1.807, 2.05) is 20.8 Å². The fourth-order valence-corrected chi connectivity index (χ4v) is 5.29. The fourth-order valence-electron chi connectivity index (χ4n) is 5.03. The van der Waals surface area contributed by atoms with Crippen LogP contribution >= 0.6 is 11.6 Å². The monoisotopic (exact) mass is 626 g/mol. The van der Waals surface area contributed by atoms with Gasteiger partial charge in [-0.25, -0.2) is 23.2 Å². The summed E-state index contributed by atoms with van der Waals surface area (Å²) in [4.78, 5) is 23.2. The number of rotatable bonds is 8. The van der Waals surface area contributed by atoms with E-state index in [1.54, 1.807) is 13.0 Å². The van der Waals surface area contributed by atoms with E-state index in [9.17, 15) is 23.2 Å². The zero-order valence-electron chi connectivity index (χ0n) is 24.7. The van der Waals surface area contributed by atoms with Crippen molar-refractivity contribution in [2.45, 2.75) is 58.5 Å². The van der Waals surface area contributed by atoms with Gasteiger partial charge < -0.3 is 10.1 Å². The Hall–Kier alpha value is -4.44. The zero-order chi connectivity index (χ0) is 32.0. The van der Waals surface area contributed by atoms with Gasteiger partial charge in [0.05, 0.1) is 40.8 Å². The molecule has 1 amide bonds. The summed E-state index contributed by atoms with van der Waals surface area (Å²) in [5.41, 5.74) is 0.372. The maximum Gasteiger partial charge on any atom is 0.414 e. The van der Waals surface area contributed by atoms with Crippen LogP contribution in [0.2, 0.25) is 5.02 Å². The third kappa shape index (κ3) is 5.74. The second kappa shape index (κ2) is 11.6. The summed E-state index contributed by atoms with van der Waals surface area (Å²) in [5, 5.41) is 22.0. The van der Waals surface area contributed by atoms with E-state index in [-0.39, 0.29) is 45.9 Å². The van der Waals surface area contributed by atoms with Crippen LogP contribution in [0.15, 0.2) is 36.7 Å². The Labute approximate surface area is 256 Å². The van der Waals surface area contributed by atoms with Crippen molar-refractivity contribution in [3.8, 4) is 6.07 Å². The molecule has 1 aliphatic rings. The molecule has 1 aromatic carbocycles. The fraction of sp³-hybridized carbons (Fsp3) is 0.400. The summed E-state index contributed by atoms with van der Waals surface area (Å²) in [6, 6.07) is 6.69. The van der Waals surface area contributed by atoms with Crippen molar-refractivity contribution in [1.29, 1.82) is 5.26 Å². The van der Waals surface area contributed by atoms with Crippen LogP contribution < -0.4 is 10.2 Å². The van der Waals surface area contributed by atoms with E-state index in [4.69, 9.17) is 16.3 Å². The lowest BCUT2D eigenvalue weighted by atomic mass is 9.96. The van der Waals surface area contributed by atoms with Gasteiger partial charge in [-0.05, 0) is 43.4 Å². The van der Waals surface area contributed by atoms with Gasteiger partial charge in [0.15, 0.2) is 0 Å². The molecule has 0 aliphatic heterocycles. The highest BCUT2D eigenvalue weighted by Gasteiger charge is 2.54. The highest BCUT2D eigenvalue weighted by atomic mass is 35.5. The van der Waals surface area contributed by atoms with Gasteiger partial charge in [0.2, 0.25) is 5.95 Å². The molecular weight excluding hydrogens is 597 g/mol. The molecule has 0 radical (unpaired) electrons. The lowest BCUT2D eigenvalue weighted by Gasteiger charge is -2.31. The number of ether oxygens (including phenoxy) is 1. The summed E-state index contributed by atoms with van der Waals surface area (Å²) in [5.74, 6) is -0.744. The number of carbonyl (C=O) groups excluding carboxylic acids is 1. The SMILES string of the molecule is COC(=O)N(c1cc(Cl)c2ncc(C#N)c(NCC(C)(C)C)c2c1)[C@H](c1cn(C2(C(F)F)CC2)nn1)c1ccc(F)nc1C. The van der Waals surface area contributed by atoms with Gasteiger partial charge in [0.1, 0.15) is 23.3 Å². The molecule has 10 nitrogen and oxygen atoms in total. The summed E-state index contributed by atoms with van der Waals surface area (Å²) in [7, 11) is 1.18. The minimum atomic E-state index is -2.68. The van der Waals surface area contributed by atoms with Crippen molar-refractivity contribution < 1.29 is 22.7 Å². The number of fused-ring (bicyclic) bond motifs is 1. The molecule has 44 heavy (non-hydrogen) atoms. The number of halogens is 4. The van der Waals surface area contributed by atoms with Gasteiger partial charge in [0, 0.05) is 29.4 Å². The molecule has 4 aromatic rings. The number of hydrogen-bond donors (Lipinski definition) is 1. The van der Waals surface area contributed by atoms with Crippen molar-refractivity contribution in [2.75, 3.05) is 23.9 Å². The number of alkyl halides is 2. The van der Waals surface area contributed by atoms with E-state index in [0.29, 0.717) is 28.7 Å². The van der Waals surface area contributed by atoms with Crippen LogP contribution in [0.4, 0.5) is 29.3 Å². The van der Waals surface area contributed by atoms with E-state index in [0.717, 1.165) is 10.7 Å². The van der Waals surface area contributed by atoms with Crippen LogP contribution in [-0.4, -0.2) is 51.1 Å². The maximum atomic E-state index is 14.1. The number of nitrogens with zero attached hydrogens (tertiary/aromatic N) is 7. The maximum absolute atomic E-state index is 14.1. The van der Waals surface area contributed by atoms with Crippen molar-refractivity contribution >= 4 is 40.0 Å². The Kier molecular flexibility index (Phi) is 8.15. The van der Waals surface area contributed by atoms with Gasteiger partial charge in [-0.15, -0.1) is 5.10 Å². The van der Waals surface area contributed by atoms with Crippen molar-refractivity contribution in [2.24, 2.45) is 5.41 Å². The molecule has 230 valence electrons. The Balaban J connectivity index is 1.75. The molecule has 0 bridgehead atoms. The average Bonchev–Trinajstić information content (AvgIpc) is 3.64. The molecule has 0 unspecified atom stereocenters. The Morgan fingerprint density at radius 3 is 2.61 bits per heavy atom. The Bertz CT molecular complexity index is 1780. The van der Waals surface area contributed by atoms with Crippen molar-refractivity contribution in [3.63, 3.8) is 0 Å². The number of aromatic nitrogens is 5. The molecule has 0 spiro atoms. The van der Waals surface area contributed by atoms with E-state index < -0.39 is 30.0 Å². The summed E-state index contributed by atoms with van der Waals surface area (Å²) < 4.78 is 48.4. The predicted octanol–water partition coefficient (Wildman–Crippen LogP) is 6.77. The molecule has 14 heteroatoms. The van der Waals surface area contributed by atoms with Crippen LogP contribution in [0.1, 0.15) is 62.2 Å². The standard InChI is InChI=1S/C30H30ClF3N8O2/c1-16-19(6-7-23(32)38-16)26(22-14-41(40-39-22)30(8-9-30)27(33)34)42(28(43)44-5)18-10-20-24(37-15-29(2,3)4)17(12-35)13-36-25(20)21(31)11-18/h6-7,10-11,13-14,26-27H,8-9,15H2,1-5H3,(H,36,37)/t26-/m0/s1. The topological polar surface area (TPSA) is 122 Å². The van der Waals surface area contributed by atoms with Gasteiger partial charge in [0.25, 0.3) is 6.43 Å². The first-order chi connectivity index (χ1) is 20.8. The smallest absolute Gasteiger partial charge is 0.414 e. The summed E-state index contributed by atoms with van der Waals surface area (Å²) in [6.07, 6.45) is -0.322. The molecule has 0 saturated heterocycles. The number of hydrogen-bond acceptors (Lipinski definition) is 8. The number of methoxy groups -OCH3 is 1. The number of benzene rings is 1. The Morgan fingerprint density at radius 1 is 1.30 bits per heavy atom. The van der Waals surface area contributed by atoms with Crippen molar-refractivity contribution in [3.05, 3.63) is 70.1 Å². The third-order valence-corrected chi connectivity index (χ3v) is 7.82. The summed E-state index contributed by atoms with van der Waals surface area (Å²) in [6.45, 7) is 8.15. The molecule has 1 fully saturated rings. The molecule has 1 aliphatic carbocycles. The normalized spacial score (nSPS) is 14.8.